The van der Waals surface area contributed by atoms with E-state index >= 15 is 0 Å². The lowest BCUT2D eigenvalue weighted by Crippen LogP contribution is -1.85. The lowest BCUT2D eigenvalue weighted by atomic mass is 10.1. The van der Waals surface area contributed by atoms with E-state index in [9.17, 15) is 4.39 Å². The molecule has 1 rings (SSSR count). The van der Waals surface area contributed by atoms with Crippen molar-refractivity contribution in [2.75, 3.05) is 0 Å². The van der Waals surface area contributed by atoms with Gasteiger partial charge >= 0.3 is 0 Å². The molecule has 0 aliphatic heterocycles. The standard InChI is InChI=1S/C10H7ClFN/c1-7-5-8(3-2-4-13)10(12)6-9(7)11/h2-3,5-6H,1H3. The zero-order valence-electron chi connectivity index (χ0n) is 7.01. The quantitative estimate of drug-likeness (QED) is 0.631. The van der Waals surface area contributed by atoms with E-state index in [-0.39, 0.29) is 0 Å². The molecule has 0 unspecified atom stereocenters. The van der Waals surface area contributed by atoms with Crippen LogP contribution in [0.2, 0.25) is 5.02 Å². The van der Waals surface area contributed by atoms with Crippen LogP contribution in [0.4, 0.5) is 4.39 Å². The predicted octanol–water partition coefficient (Wildman–Crippen LogP) is 3.32. The Morgan fingerprint density at radius 1 is 1.54 bits per heavy atom. The fourth-order valence-electron chi connectivity index (χ4n) is 0.934. The predicted molar refractivity (Wildman–Crippen MR) is 50.8 cm³/mol. The van der Waals surface area contributed by atoms with Crippen molar-refractivity contribution in [2.45, 2.75) is 6.92 Å². The number of aryl methyl sites for hydroxylation is 1. The van der Waals surface area contributed by atoms with Crippen molar-refractivity contribution in [1.29, 1.82) is 5.26 Å². The van der Waals surface area contributed by atoms with Crippen molar-refractivity contribution in [1.82, 2.24) is 0 Å². The van der Waals surface area contributed by atoms with Gasteiger partial charge in [-0.3, -0.25) is 0 Å². The first kappa shape index (κ1) is 9.76. The van der Waals surface area contributed by atoms with Gasteiger partial charge in [-0.15, -0.1) is 0 Å². The first-order valence-corrected chi connectivity index (χ1v) is 4.04. The average Bonchev–Trinajstić information content (AvgIpc) is 2.09. The smallest absolute Gasteiger partial charge is 0.131 e. The Morgan fingerprint density at radius 2 is 2.23 bits per heavy atom. The summed E-state index contributed by atoms with van der Waals surface area (Å²) >= 11 is 5.69. The molecule has 0 radical (unpaired) electrons. The maximum absolute atomic E-state index is 13.1. The second-order valence-corrected chi connectivity index (χ2v) is 2.99. The third kappa shape index (κ3) is 2.30. The first-order valence-electron chi connectivity index (χ1n) is 3.67. The molecule has 0 saturated heterocycles. The molecule has 0 aromatic heterocycles. The van der Waals surface area contributed by atoms with Crippen molar-refractivity contribution < 1.29 is 4.39 Å². The zero-order chi connectivity index (χ0) is 9.84. The van der Waals surface area contributed by atoms with Gasteiger partial charge in [0.2, 0.25) is 0 Å². The molecule has 13 heavy (non-hydrogen) atoms. The van der Waals surface area contributed by atoms with Crippen molar-refractivity contribution in [2.24, 2.45) is 0 Å². The molecule has 3 heteroatoms. The molecule has 66 valence electrons. The molecule has 0 N–H and O–H groups in total. The number of halogens is 2. The summed E-state index contributed by atoms with van der Waals surface area (Å²) < 4.78 is 13.1. The van der Waals surface area contributed by atoms with Gasteiger partial charge in [-0.1, -0.05) is 11.6 Å². The van der Waals surface area contributed by atoms with E-state index in [0.717, 1.165) is 5.56 Å². The van der Waals surface area contributed by atoms with E-state index in [4.69, 9.17) is 16.9 Å². The van der Waals surface area contributed by atoms with E-state index in [1.165, 1.54) is 18.2 Å². The second kappa shape index (κ2) is 4.06. The third-order valence-electron chi connectivity index (χ3n) is 1.62. The Balaban J connectivity index is 3.17. The minimum absolute atomic E-state index is 0.378. The van der Waals surface area contributed by atoms with Crippen LogP contribution in [0, 0.1) is 24.1 Å². The summed E-state index contributed by atoms with van der Waals surface area (Å²) in [6.07, 6.45) is 2.64. The molecule has 0 atom stereocenters. The van der Waals surface area contributed by atoms with Crippen LogP contribution in [0.1, 0.15) is 11.1 Å². The fourth-order valence-corrected chi connectivity index (χ4v) is 1.08. The summed E-state index contributed by atoms with van der Waals surface area (Å²) in [5, 5.41) is 8.65. The molecule has 0 amide bonds. The first-order chi connectivity index (χ1) is 6.15. The summed E-state index contributed by atoms with van der Waals surface area (Å²) in [6.45, 7) is 1.78. The van der Waals surface area contributed by atoms with E-state index in [1.807, 2.05) is 0 Å². The second-order valence-electron chi connectivity index (χ2n) is 2.59. The zero-order valence-corrected chi connectivity index (χ0v) is 7.77. The van der Waals surface area contributed by atoms with Gasteiger partial charge in [0.15, 0.2) is 0 Å². The summed E-state index contributed by atoms with van der Waals surface area (Å²) in [6, 6.07) is 4.64. The van der Waals surface area contributed by atoms with E-state index in [0.29, 0.717) is 10.6 Å². The average molecular weight is 196 g/mol. The van der Waals surface area contributed by atoms with Gasteiger partial charge in [0.05, 0.1) is 6.07 Å². The largest absolute Gasteiger partial charge is 0.206 e. The lowest BCUT2D eigenvalue weighted by molar-refractivity contribution is 0.624. The van der Waals surface area contributed by atoms with Crippen LogP contribution in [0.15, 0.2) is 18.2 Å². The minimum Gasteiger partial charge on any atom is -0.206 e. The van der Waals surface area contributed by atoms with Gasteiger partial charge in [-0.05, 0) is 30.7 Å². The highest BCUT2D eigenvalue weighted by Gasteiger charge is 2.02. The fraction of sp³-hybridized carbons (Fsp3) is 0.100. The molecule has 1 aromatic rings. The molecular weight excluding hydrogens is 189 g/mol. The van der Waals surface area contributed by atoms with Gasteiger partial charge in [0, 0.05) is 16.7 Å². The number of nitriles is 1. The van der Waals surface area contributed by atoms with Crippen molar-refractivity contribution >= 4 is 17.7 Å². The van der Waals surface area contributed by atoms with E-state index in [2.05, 4.69) is 0 Å². The molecule has 0 bridgehead atoms. The van der Waals surface area contributed by atoms with Gasteiger partial charge in [0.25, 0.3) is 0 Å². The summed E-state index contributed by atoms with van der Waals surface area (Å²) in [4.78, 5) is 0. The lowest BCUT2D eigenvalue weighted by Gasteiger charge is -2.00. The Morgan fingerprint density at radius 3 is 2.85 bits per heavy atom. The normalized spacial score (nSPS) is 10.3. The number of benzene rings is 1. The molecule has 0 spiro atoms. The molecule has 0 saturated carbocycles. The van der Waals surface area contributed by atoms with Crippen LogP contribution in [-0.2, 0) is 0 Å². The molecular formula is C10H7ClFN. The summed E-state index contributed by atoms with van der Waals surface area (Å²) in [5.41, 5.74) is 1.17. The molecule has 0 fully saturated rings. The molecule has 0 aliphatic carbocycles. The highest BCUT2D eigenvalue weighted by molar-refractivity contribution is 6.31. The Labute approximate surface area is 81.1 Å². The molecule has 1 nitrogen and oxygen atoms in total. The highest BCUT2D eigenvalue weighted by Crippen LogP contribution is 2.20. The van der Waals surface area contributed by atoms with Gasteiger partial charge in [-0.25, -0.2) is 4.39 Å². The number of rotatable bonds is 1. The Hall–Kier alpha value is -1.33. The topological polar surface area (TPSA) is 23.8 Å². The van der Waals surface area contributed by atoms with E-state index in [1.54, 1.807) is 19.1 Å². The molecule has 0 heterocycles. The van der Waals surface area contributed by atoms with Gasteiger partial charge in [-0.2, -0.15) is 5.26 Å². The van der Waals surface area contributed by atoms with Crippen molar-refractivity contribution in [3.63, 3.8) is 0 Å². The SMILES string of the molecule is Cc1cc(C=CC#N)c(F)cc1Cl. The van der Waals surface area contributed by atoms with E-state index < -0.39 is 5.82 Å². The van der Waals surface area contributed by atoms with Crippen LogP contribution < -0.4 is 0 Å². The van der Waals surface area contributed by atoms with Crippen LogP contribution >= 0.6 is 11.6 Å². The highest BCUT2D eigenvalue weighted by atomic mass is 35.5. The summed E-state index contributed by atoms with van der Waals surface area (Å²) in [7, 11) is 0. The van der Waals surface area contributed by atoms with Crippen LogP contribution in [0.5, 0.6) is 0 Å². The number of allylic oxidation sites excluding steroid dienone is 1. The maximum Gasteiger partial charge on any atom is 0.131 e. The van der Waals surface area contributed by atoms with Crippen molar-refractivity contribution in [3.8, 4) is 6.07 Å². The number of hydrogen-bond donors (Lipinski definition) is 0. The summed E-state index contributed by atoms with van der Waals surface area (Å²) in [5.74, 6) is -0.415. The minimum atomic E-state index is -0.415. The van der Waals surface area contributed by atoms with Gasteiger partial charge in [0.1, 0.15) is 5.82 Å². The Kier molecular flexibility index (Phi) is 3.05. The van der Waals surface area contributed by atoms with Gasteiger partial charge < -0.3 is 0 Å². The number of hydrogen-bond acceptors (Lipinski definition) is 1. The molecule has 0 aliphatic rings. The third-order valence-corrected chi connectivity index (χ3v) is 2.02. The monoisotopic (exact) mass is 195 g/mol. The number of nitrogens with zero attached hydrogens (tertiary/aromatic N) is 1. The maximum atomic E-state index is 13.1. The van der Waals surface area contributed by atoms with Crippen LogP contribution in [0.25, 0.3) is 6.08 Å². The van der Waals surface area contributed by atoms with Crippen LogP contribution in [0.3, 0.4) is 0 Å². The Bertz CT molecular complexity index is 391. The van der Waals surface area contributed by atoms with Crippen molar-refractivity contribution in [3.05, 3.63) is 40.2 Å². The van der Waals surface area contributed by atoms with Crippen LogP contribution in [-0.4, -0.2) is 0 Å². The molecule has 1 aromatic carbocycles.